The minimum atomic E-state index is -3.79. The van der Waals surface area contributed by atoms with Crippen LogP contribution in [0.25, 0.3) is 0 Å². The summed E-state index contributed by atoms with van der Waals surface area (Å²) in [5.74, 6) is 0.327. The van der Waals surface area contributed by atoms with Gasteiger partial charge in [0.05, 0.1) is 17.8 Å². The number of carbonyl (C=O) groups is 1. The van der Waals surface area contributed by atoms with Crippen LogP contribution in [0.4, 0.5) is 5.69 Å². The zero-order valence-electron chi connectivity index (χ0n) is 15.6. The number of rotatable bonds is 3. The number of nitrogens with zero attached hydrogens (tertiary/aromatic N) is 4. The highest BCUT2D eigenvalue weighted by Crippen LogP contribution is 2.30. The van der Waals surface area contributed by atoms with Gasteiger partial charge in [-0.05, 0) is 36.8 Å². The van der Waals surface area contributed by atoms with Crippen molar-refractivity contribution in [3.63, 3.8) is 0 Å². The largest absolute Gasteiger partial charge is 0.341 e. The van der Waals surface area contributed by atoms with E-state index in [1.165, 1.54) is 6.07 Å². The number of pyridine rings is 1. The molecule has 0 spiro atoms. The molecule has 4 rings (SSSR count). The summed E-state index contributed by atoms with van der Waals surface area (Å²) in [4.78, 5) is 20.6. The number of benzene rings is 1. The van der Waals surface area contributed by atoms with Gasteiger partial charge in [0.25, 0.3) is 15.9 Å². The van der Waals surface area contributed by atoms with Crippen molar-refractivity contribution in [3.05, 3.63) is 53.3 Å². The van der Waals surface area contributed by atoms with E-state index < -0.39 is 10.0 Å². The van der Waals surface area contributed by atoms with Gasteiger partial charge in [-0.3, -0.25) is 14.7 Å². The van der Waals surface area contributed by atoms with Crippen LogP contribution >= 0.6 is 11.6 Å². The third-order valence-electron chi connectivity index (χ3n) is 4.89. The van der Waals surface area contributed by atoms with Gasteiger partial charge in [-0.25, -0.2) is 0 Å². The van der Waals surface area contributed by atoms with Crippen molar-refractivity contribution in [2.75, 3.05) is 38.0 Å². The van der Waals surface area contributed by atoms with Crippen LogP contribution in [0.1, 0.15) is 16.8 Å². The van der Waals surface area contributed by atoms with Crippen molar-refractivity contribution in [1.82, 2.24) is 14.8 Å². The summed E-state index contributed by atoms with van der Waals surface area (Å²) >= 11 is 5.91. The smallest absolute Gasteiger partial charge is 0.286 e. The number of fused-ring (bicyclic) bond motifs is 1. The normalized spacial score (nSPS) is 18.9. The van der Waals surface area contributed by atoms with Crippen molar-refractivity contribution in [3.8, 4) is 0 Å². The van der Waals surface area contributed by atoms with Crippen molar-refractivity contribution < 1.29 is 13.2 Å². The molecule has 0 saturated carbocycles. The molecule has 2 aromatic rings. The number of halogens is 1. The second kappa shape index (κ2) is 8.10. The summed E-state index contributed by atoms with van der Waals surface area (Å²) in [6, 6.07) is 8.18. The fraction of sp³-hybridized carbons (Fsp3) is 0.316. The Morgan fingerprint density at radius 1 is 1.17 bits per heavy atom. The quantitative estimate of drug-likeness (QED) is 0.796. The predicted octanol–water partition coefficient (Wildman–Crippen LogP) is 2.10. The molecule has 10 heteroatoms. The highest BCUT2D eigenvalue weighted by Gasteiger charge is 2.27. The second-order valence-electron chi connectivity index (χ2n) is 6.94. The van der Waals surface area contributed by atoms with E-state index in [0.29, 0.717) is 48.3 Å². The van der Waals surface area contributed by atoms with E-state index in [0.717, 1.165) is 13.0 Å². The van der Waals surface area contributed by atoms with Crippen LogP contribution in [0.2, 0.25) is 5.02 Å². The lowest BCUT2D eigenvalue weighted by Gasteiger charge is -2.25. The Hall–Kier alpha value is -2.49. The monoisotopic (exact) mass is 433 g/mol. The summed E-state index contributed by atoms with van der Waals surface area (Å²) in [6.45, 7) is 2.92. The number of sulfonamides is 1. The lowest BCUT2D eigenvalue weighted by Crippen LogP contribution is -2.39. The van der Waals surface area contributed by atoms with E-state index in [9.17, 15) is 13.2 Å². The zero-order chi connectivity index (χ0) is 20.4. The highest BCUT2D eigenvalue weighted by molar-refractivity contribution is 7.90. The first-order valence-electron chi connectivity index (χ1n) is 9.24. The van der Waals surface area contributed by atoms with Crippen molar-refractivity contribution in [1.29, 1.82) is 0 Å². The molecule has 0 unspecified atom stereocenters. The topological polar surface area (TPSA) is 95.0 Å². The van der Waals surface area contributed by atoms with E-state index in [2.05, 4.69) is 19.6 Å². The Morgan fingerprint density at radius 2 is 2.03 bits per heavy atom. The average Bonchev–Trinajstić information content (AvgIpc) is 2.94. The molecule has 0 bridgehead atoms. The van der Waals surface area contributed by atoms with Crippen LogP contribution in [-0.4, -0.2) is 67.7 Å². The number of carbonyl (C=O) groups excluding carboxylic acids is 1. The fourth-order valence-corrected chi connectivity index (χ4v) is 4.87. The third-order valence-corrected chi connectivity index (χ3v) is 6.48. The number of nitrogens with one attached hydrogen (secondary N) is 1. The summed E-state index contributed by atoms with van der Waals surface area (Å²) in [5, 5.41) is 3.44. The third kappa shape index (κ3) is 4.42. The summed E-state index contributed by atoms with van der Waals surface area (Å²) < 4.78 is 28.9. The van der Waals surface area contributed by atoms with E-state index in [1.807, 2.05) is 0 Å². The standard InChI is InChI=1S/C19H20ClN5O3S/c20-15-4-5-16-17(11-15)29(27,28)23-18(22-16)13-24-7-2-8-25(10-9-24)19(26)14-3-1-6-21-12-14/h1,3-6,11-12H,2,7-10,13H2,(H,22,23). The van der Waals surface area contributed by atoms with Gasteiger partial charge >= 0.3 is 0 Å². The van der Waals surface area contributed by atoms with Crippen LogP contribution in [0.3, 0.4) is 0 Å². The predicted molar refractivity (Wildman–Crippen MR) is 111 cm³/mol. The fourth-order valence-electron chi connectivity index (χ4n) is 3.47. The Balaban J connectivity index is 1.43. The van der Waals surface area contributed by atoms with Gasteiger partial charge in [0, 0.05) is 43.6 Å². The molecule has 1 saturated heterocycles. The molecular formula is C19H20ClN5O3S. The Bertz CT molecular complexity index is 1060. The van der Waals surface area contributed by atoms with Crippen LogP contribution in [0.15, 0.2) is 52.0 Å². The van der Waals surface area contributed by atoms with Crippen LogP contribution in [-0.2, 0) is 10.0 Å². The Morgan fingerprint density at radius 3 is 2.83 bits per heavy atom. The van der Waals surface area contributed by atoms with Crippen molar-refractivity contribution in [2.45, 2.75) is 11.3 Å². The molecule has 0 atom stereocenters. The molecule has 0 radical (unpaired) electrons. The number of amidine groups is 1. The SMILES string of the molecule is O=C(c1cccnc1)N1CCCN(CC2=NS(=O)(=O)c3cc(Cl)ccc3N2)CC1. The van der Waals surface area contributed by atoms with Gasteiger partial charge in [0.15, 0.2) is 0 Å². The lowest BCUT2D eigenvalue weighted by molar-refractivity contribution is 0.0762. The van der Waals surface area contributed by atoms with Crippen molar-refractivity contribution in [2.24, 2.45) is 4.40 Å². The maximum Gasteiger partial charge on any atom is 0.286 e. The molecule has 1 aromatic heterocycles. The van der Waals surface area contributed by atoms with Crippen LogP contribution < -0.4 is 5.32 Å². The average molecular weight is 434 g/mol. The Labute approximate surface area is 174 Å². The minimum absolute atomic E-state index is 0.0403. The zero-order valence-corrected chi connectivity index (χ0v) is 17.2. The van der Waals surface area contributed by atoms with Gasteiger partial charge in [-0.2, -0.15) is 8.42 Å². The molecule has 2 aliphatic heterocycles. The molecule has 2 aliphatic rings. The number of hydrogen-bond donors (Lipinski definition) is 1. The number of hydrogen-bond acceptors (Lipinski definition) is 6. The number of aromatic nitrogens is 1. The molecule has 0 aliphatic carbocycles. The Kier molecular flexibility index (Phi) is 5.53. The van der Waals surface area contributed by atoms with Gasteiger partial charge < -0.3 is 10.2 Å². The first-order chi connectivity index (χ1) is 13.9. The molecule has 3 heterocycles. The maximum absolute atomic E-state index is 12.6. The molecule has 1 N–H and O–H groups in total. The van der Waals surface area contributed by atoms with Crippen LogP contribution in [0.5, 0.6) is 0 Å². The van der Waals surface area contributed by atoms with Crippen LogP contribution in [0, 0.1) is 0 Å². The van der Waals surface area contributed by atoms with E-state index >= 15 is 0 Å². The minimum Gasteiger partial charge on any atom is -0.341 e. The molecule has 29 heavy (non-hydrogen) atoms. The molecule has 1 amide bonds. The first-order valence-corrected chi connectivity index (χ1v) is 11.1. The molecule has 152 valence electrons. The van der Waals surface area contributed by atoms with Crippen molar-refractivity contribution >= 4 is 39.1 Å². The molecule has 8 nitrogen and oxygen atoms in total. The number of amides is 1. The number of anilines is 1. The van der Waals surface area contributed by atoms with E-state index in [-0.39, 0.29) is 10.8 Å². The van der Waals surface area contributed by atoms with E-state index in [1.54, 1.807) is 41.6 Å². The summed E-state index contributed by atoms with van der Waals surface area (Å²) in [6.07, 6.45) is 4.00. The first kappa shape index (κ1) is 19.8. The van der Waals surface area contributed by atoms with Gasteiger partial charge in [0.2, 0.25) is 0 Å². The summed E-state index contributed by atoms with van der Waals surface area (Å²) in [5.41, 5.74) is 1.04. The highest BCUT2D eigenvalue weighted by atomic mass is 35.5. The molecule has 1 aromatic carbocycles. The molecular weight excluding hydrogens is 414 g/mol. The van der Waals surface area contributed by atoms with Gasteiger partial charge in [0.1, 0.15) is 10.7 Å². The second-order valence-corrected chi connectivity index (χ2v) is 8.95. The van der Waals surface area contributed by atoms with Gasteiger partial charge in [-0.1, -0.05) is 11.6 Å². The molecule has 1 fully saturated rings. The summed E-state index contributed by atoms with van der Waals surface area (Å²) in [7, 11) is -3.79. The van der Waals surface area contributed by atoms with Gasteiger partial charge in [-0.15, -0.1) is 4.40 Å². The van der Waals surface area contributed by atoms with E-state index in [4.69, 9.17) is 11.6 Å². The maximum atomic E-state index is 12.6. The lowest BCUT2D eigenvalue weighted by atomic mass is 10.2.